The maximum absolute atomic E-state index is 11.1. The van der Waals surface area contributed by atoms with Gasteiger partial charge in [-0.3, -0.25) is 0 Å². The Morgan fingerprint density at radius 2 is 2.50 bits per heavy atom. The van der Waals surface area contributed by atoms with Gasteiger partial charge in [-0.15, -0.1) is 0 Å². The van der Waals surface area contributed by atoms with Crippen molar-refractivity contribution in [3.8, 4) is 0 Å². The highest BCUT2D eigenvalue weighted by Gasteiger charge is 2.20. The molecule has 0 aliphatic carbocycles. The van der Waals surface area contributed by atoms with E-state index in [1.165, 1.54) is 0 Å². The van der Waals surface area contributed by atoms with Crippen molar-refractivity contribution in [2.24, 2.45) is 0 Å². The van der Waals surface area contributed by atoms with Gasteiger partial charge in [0.25, 0.3) is 0 Å². The van der Waals surface area contributed by atoms with Gasteiger partial charge in [-0.05, 0) is 6.66 Å². The third-order valence-electron chi connectivity index (χ3n) is 1.18. The molecule has 0 aromatic rings. The molecule has 0 N–H and O–H groups in total. The minimum absolute atomic E-state index is 0.620. The van der Waals surface area contributed by atoms with Crippen molar-refractivity contribution in [2.45, 2.75) is 0 Å². The Morgan fingerprint density at radius 1 is 1.88 bits per heavy atom. The van der Waals surface area contributed by atoms with E-state index < -0.39 is 7.14 Å². The SMILES string of the molecule is CP1(=O)CC=C(Cl)C1. The molecule has 0 saturated carbocycles. The topological polar surface area (TPSA) is 17.1 Å². The second-order valence-corrected chi connectivity index (χ2v) is 6.05. The van der Waals surface area contributed by atoms with Gasteiger partial charge in [0.2, 0.25) is 0 Å². The third-order valence-corrected chi connectivity index (χ3v) is 3.62. The summed E-state index contributed by atoms with van der Waals surface area (Å²) in [4.78, 5) is 0. The summed E-state index contributed by atoms with van der Waals surface area (Å²) in [7, 11) is -1.82. The van der Waals surface area contributed by atoms with Gasteiger partial charge in [0.05, 0.1) is 7.14 Å². The molecule has 0 aromatic heterocycles. The van der Waals surface area contributed by atoms with Gasteiger partial charge < -0.3 is 4.57 Å². The van der Waals surface area contributed by atoms with Crippen molar-refractivity contribution in [1.29, 1.82) is 0 Å². The zero-order valence-electron chi connectivity index (χ0n) is 4.72. The Balaban J connectivity index is 2.69. The van der Waals surface area contributed by atoms with Gasteiger partial charge >= 0.3 is 0 Å². The van der Waals surface area contributed by atoms with Gasteiger partial charge in [-0.1, -0.05) is 17.7 Å². The quantitative estimate of drug-likeness (QED) is 0.484. The van der Waals surface area contributed by atoms with Crippen molar-refractivity contribution >= 4 is 18.7 Å². The fourth-order valence-corrected chi connectivity index (χ4v) is 3.19. The van der Waals surface area contributed by atoms with Gasteiger partial charge in [-0.2, -0.15) is 0 Å². The summed E-state index contributed by atoms with van der Waals surface area (Å²) >= 11 is 5.59. The van der Waals surface area contributed by atoms with Crippen LogP contribution in [0.4, 0.5) is 0 Å². The van der Waals surface area contributed by atoms with E-state index in [4.69, 9.17) is 11.6 Å². The minimum Gasteiger partial charge on any atom is -0.323 e. The van der Waals surface area contributed by atoms with Crippen molar-refractivity contribution in [3.05, 3.63) is 11.1 Å². The summed E-state index contributed by atoms with van der Waals surface area (Å²) in [6.45, 7) is 1.79. The lowest BCUT2D eigenvalue weighted by Gasteiger charge is -1.98. The van der Waals surface area contributed by atoms with Crippen LogP contribution in [0.2, 0.25) is 0 Å². The Hall–Kier alpha value is 0.260. The van der Waals surface area contributed by atoms with Crippen LogP contribution in [0.25, 0.3) is 0 Å². The molecule has 8 heavy (non-hydrogen) atoms. The zero-order chi connectivity index (χ0) is 6.20. The summed E-state index contributed by atoms with van der Waals surface area (Å²) in [5.41, 5.74) is 0. The molecule has 1 aliphatic heterocycles. The summed E-state index contributed by atoms with van der Waals surface area (Å²) in [5.74, 6) is 0. The van der Waals surface area contributed by atoms with Crippen LogP contribution < -0.4 is 0 Å². The number of halogens is 1. The Bertz CT molecular complexity index is 173. The van der Waals surface area contributed by atoms with Gasteiger partial charge in [0.15, 0.2) is 0 Å². The van der Waals surface area contributed by atoms with Crippen molar-refractivity contribution in [1.82, 2.24) is 0 Å². The van der Waals surface area contributed by atoms with Crippen LogP contribution in [-0.2, 0) is 4.57 Å². The number of hydrogen-bond donors (Lipinski definition) is 0. The van der Waals surface area contributed by atoms with Crippen LogP contribution in [-0.4, -0.2) is 19.0 Å². The van der Waals surface area contributed by atoms with E-state index in [1.54, 1.807) is 6.66 Å². The third kappa shape index (κ3) is 1.37. The molecule has 1 aliphatic rings. The van der Waals surface area contributed by atoms with Crippen molar-refractivity contribution in [2.75, 3.05) is 19.0 Å². The monoisotopic (exact) mass is 150 g/mol. The van der Waals surface area contributed by atoms with Crippen LogP contribution in [0.5, 0.6) is 0 Å². The highest BCUT2D eigenvalue weighted by molar-refractivity contribution is 7.64. The average Bonchev–Trinajstić information content (AvgIpc) is 1.82. The van der Waals surface area contributed by atoms with Crippen LogP contribution in [0.1, 0.15) is 0 Å². The molecular weight excluding hydrogens is 142 g/mol. The highest BCUT2D eigenvalue weighted by Crippen LogP contribution is 2.48. The largest absolute Gasteiger partial charge is 0.323 e. The summed E-state index contributed by atoms with van der Waals surface area (Å²) in [6, 6.07) is 0. The molecule has 0 saturated heterocycles. The number of allylic oxidation sites excluding steroid dienone is 2. The lowest BCUT2D eigenvalue weighted by atomic mass is 10.6. The van der Waals surface area contributed by atoms with Crippen molar-refractivity contribution < 1.29 is 4.57 Å². The Labute approximate surface area is 54.1 Å². The Kier molecular flexibility index (Phi) is 1.51. The molecule has 0 fully saturated rings. The fraction of sp³-hybridized carbons (Fsp3) is 0.600. The Morgan fingerprint density at radius 3 is 2.62 bits per heavy atom. The van der Waals surface area contributed by atoms with Gasteiger partial charge in [0.1, 0.15) is 0 Å². The van der Waals surface area contributed by atoms with Gasteiger partial charge in [-0.25, -0.2) is 0 Å². The molecule has 1 rings (SSSR count). The van der Waals surface area contributed by atoms with Crippen molar-refractivity contribution in [3.63, 3.8) is 0 Å². The molecule has 1 atom stereocenters. The predicted molar refractivity (Wildman–Crippen MR) is 37.2 cm³/mol. The predicted octanol–water partition coefficient (Wildman–Crippen LogP) is 2.12. The second-order valence-electron chi connectivity index (χ2n) is 2.29. The van der Waals surface area contributed by atoms with Crippen LogP contribution in [0.3, 0.4) is 0 Å². The van der Waals surface area contributed by atoms with E-state index in [9.17, 15) is 4.57 Å². The second kappa shape index (κ2) is 1.89. The van der Waals surface area contributed by atoms with Crippen LogP contribution in [0, 0.1) is 0 Å². The first-order valence-electron chi connectivity index (χ1n) is 2.50. The number of hydrogen-bond acceptors (Lipinski definition) is 1. The lowest BCUT2D eigenvalue weighted by molar-refractivity contribution is 0.583. The maximum Gasteiger partial charge on any atom is 0.0935 e. The minimum atomic E-state index is -1.82. The zero-order valence-corrected chi connectivity index (χ0v) is 6.38. The molecule has 1 unspecified atom stereocenters. The van der Waals surface area contributed by atoms with Crippen LogP contribution >= 0.6 is 18.7 Å². The molecule has 46 valence electrons. The molecule has 3 heteroatoms. The standard InChI is InChI=1S/C5H8ClOP/c1-8(7)3-2-5(6)4-8/h2H,3-4H2,1H3. The molecule has 0 aromatic carbocycles. The first kappa shape index (κ1) is 6.38. The van der Waals surface area contributed by atoms with Crippen LogP contribution in [0.15, 0.2) is 11.1 Å². The van der Waals surface area contributed by atoms with E-state index in [1.807, 2.05) is 6.08 Å². The smallest absolute Gasteiger partial charge is 0.0935 e. The fourth-order valence-electron chi connectivity index (χ4n) is 0.741. The molecular formula is C5H8ClOP. The molecule has 1 nitrogen and oxygen atoms in total. The molecule has 0 spiro atoms. The first-order chi connectivity index (χ1) is 3.60. The lowest BCUT2D eigenvalue weighted by Crippen LogP contribution is -1.79. The summed E-state index contributed by atoms with van der Waals surface area (Å²) < 4.78 is 11.1. The van der Waals surface area contributed by atoms with E-state index in [0.29, 0.717) is 12.3 Å². The summed E-state index contributed by atoms with van der Waals surface area (Å²) in [5, 5.41) is 0.774. The molecule has 0 radical (unpaired) electrons. The molecule has 1 heterocycles. The van der Waals surface area contributed by atoms with E-state index in [0.717, 1.165) is 5.03 Å². The van der Waals surface area contributed by atoms with Gasteiger partial charge in [0, 0.05) is 17.4 Å². The maximum atomic E-state index is 11.1. The highest BCUT2D eigenvalue weighted by atomic mass is 35.5. The first-order valence-corrected chi connectivity index (χ1v) is 5.40. The molecule has 0 amide bonds. The summed E-state index contributed by atoms with van der Waals surface area (Å²) in [6.07, 6.45) is 3.17. The average molecular weight is 151 g/mol. The number of rotatable bonds is 0. The van der Waals surface area contributed by atoms with E-state index in [2.05, 4.69) is 0 Å². The molecule has 0 bridgehead atoms. The van der Waals surface area contributed by atoms with E-state index in [-0.39, 0.29) is 0 Å². The normalized spacial score (nSPS) is 37.5. The van der Waals surface area contributed by atoms with E-state index >= 15 is 0 Å².